The zero-order chi connectivity index (χ0) is 12.8. The molecular formula is C13H20N2O2. The second-order valence-electron chi connectivity index (χ2n) is 4.11. The molecule has 0 radical (unpaired) electrons. The molecule has 0 heterocycles. The lowest BCUT2D eigenvalue weighted by molar-refractivity contribution is -0.120. The highest BCUT2D eigenvalue weighted by atomic mass is 16.5. The molecule has 0 aliphatic rings. The number of amides is 1. The predicted octanol–water partition coefficient (Wildman–Crippen LogP) is 1.97. The molecule has 1 aromatic rings. The normalized spacial score (nSPS) is 12.3. The lowest BCUT2D eigenvalue weighted by Crippen LogP contribution is -2.39. The Morgan fingerprint density at radius 1 is 1.35 bits per heavy atom. The van der Waals surface area contributed by atoms with Crippen molar-refractivity contribution in [2.24, 2.45) is 0 Å². The Hall–Kier alpha value is -1.55. The summed E-state index contributed by atoms with van der Waals surface area (Å²) in [5.41, 5.74) is 0.788. The molecule has 0 unspecified atom stereocenters. The van der Waals surface area contributed by atoms with Crippen LogP contribution in [0, 0.1) is 0 Å². The van der Waals surface area contributed by atoms with Crippen molar-refractivity contribution in [3.05, 3.63) is 24.3 Å². The number of methoxy groups -OCH3 is 1. The number of hydrogen-bond acceptors (Lipinski definition) is 3. The van der Waals surface area contributed by atoms with Crippen LogP contribution in [0.1, 0.15) is 13.3 Å². The van der Waals surface area contributed by atoms with Crippen LogP contribution in [0.15, 0.2) is 24.3 Å². The van der Waals surface area contributed by atoms with Crippen molar-refractivity contribution in [1.29, 1.82) is 0 Å². The fourth-order valence-corrected chi connectivity index (χ4v) is 1.68. The van der Waals surface area contributed by atoms with E-state index in [1.54, 1.807) is 7.11 Å². The van der Waals surface area contributed by atoms with Crippen molar-refractivity contribution >= 4 is 11.6 Å². The smallest absolute Gasteiger partial charge is 0.241 e. The number of benzene rings is 1. The Morgan fingerprint density at radius 3 is 2.35 bits per heavy atom. The molecule has 0 fully saturated rings. The third-order valence-electron chi connectivity index (χ3n) is 2.67. The lowest BCUT2D eigenvalue weighted by Gasteiger charge is -2.21. The maximum atomic E-state index is 12.0. The monoisotopic (exact) mass is 236 g/mol. The number of hydrogen-bond donors (Lipinski definition) is 1. The summed E-state index contributed by atoms with van der Waals surface area (Å²) >= 11 is 0. The average Bonchev–Trinajstić information content (AvgIpc) is 2.30. The highest BCUT2D eigenvalue weighted by Gasteiger charge is 2.18. The quantitative estimate of drug-likeness (QED) is 0.850. The van der Waals surface area contributed by atoms with Gasteiger partial charge in [-0.1, -0.05) is 6.92 Å². The Kier molecular flexibility index (Phi) is 4.97. The summed E-state index contributed by atoms with van der Waals surface area (Å²) < 4.78 is 5.06. The molecule has 4 heteroatoms. The summed E-state index contributed by atoms with van der Waals surface area (Å²) in [6.45, 7) is 2.00. The van der Waals surface area contributed by atoms with E-state index in [1.165, 1.54) is 0 Å². The second kappa shape index (κ2) is 6.25. The van der Waals surface area contributed by atoms with E-state index in [1.807, 2.05) is 50.2 Å². The van der Waals surface area contributed by atoms with Gasteiger partial charge in [-0.25, -0.2) is 0 Å². The fourth-order valence-electron chi connectivity index (χ4n) is 1.68. The molecule has 94 valence electrons. The summed E-state index contributed by atoms with van der Waals surface area (Å²) in [5.74, 6) is 0.797. The van der Waals surface area contributed by atoms with E-state index in [0.717, 1.165) is 17.9 Å². The first-order valence-electron chi connectivity index (χ1n) is 5.69. The van der Waals surface area contributed by atoms with Gasteiger partial charge in [0.2, 0.25) is 5.91 Å². The highest BCUT2D eigenvalue weighted by molar-refractivity contribution is 5.94. The molecule has 1 rings (SSSR count). The van der Waals surface area contributed by atoms with Crippen molar-refractivity contribution in [2.45, 2.75) is 19.4 Å². The molecular weight excluding hydrogens is 216 g/mol. The molecule has 0 spiro atoms. The number of anilines is 1. The number of rotatable bonds is 5. The SMILES string of the molecule is CC[C@@H](C(=O)Nc1ccc(OC)cc1)N(C)C. The van der Waals surface area contributed by atoms with Crippen LogP contribution in [0.2, 0.25) is 0 Å². The zero-order valence-corrected chi connectivity index (χ0v) is 10.9. The highest BCUT2D eigenvalue weighted by Crippen LogP contribution is 2.15. The number of nitrogens with one attached hydrogen (secondary N) is 1. The minimum Gasteiger partial charge on any atom is -0.497 e. The third-order valence-corrected chi connectivity index (χ3v) is 2.67. The lowest BCUT2D eigenvalue weighted by atomic mass is 10.2. The Balaban J connectivity index is 2.66. The summed E-state index contributed by atoms with van der Waals surface area (Å²) in [6.07, 6.45) is 0.787. The molecule has 0 saturated carbocycles. The van der Waals surface area contributed by atoms with Crippen LogP contribution in [-0.2, 0) is 4.79 Å². The van der Waals surface area contributed by atoms with Gasteiger partial charge >= 0.3 is 0 Å². The Morgan fingerprint density at radius 2 is 1.94 bits per heavy atom. The van der Waals surface area contributed by atoms with Crippen LogP contribution in [0.5, 0.6) is 5.75 Å². The summed E-state index contributed by atoms with van der Waals surface area (Å²) in [4.78, 5) is 13.9. The molecule has 1 aromatic carbocycles. The fraction of sp³-hybridized carbons (Fsp3) is 0.462. The van der Waals surface area contributed by atoms with Gasteiger partial charge in [-0.3, -0.25) is 9.69 Å². The number of ether oxygens (including phenoxy) is 1. The van der Waals surface area contributed by atoms with Crippen molar-refractivity contribution in [2.75, 3.05) is 26.5 Å². The van der Waals surface area contributed by atoms with E-state index < -0.39 is 0 Å². The Labute approximate surface area is 103 Å². The van der Waals surface area contributed by atoms with E-state index in [2.05, 4.69) is 5.32 Å². The first-order valence-corrected chi connectivity index (χ1v) is 5.69. The van der Waals surface area contributed by atoms with Gasteiger partial charge in [-0.2, -0.15) is 0 Å². The number of likely N-dealkylation sites (N-methyl/N-ethyl adjacent to an activating group) is 1. The van der Waals surface area contributed by atoms with Gasteiger partial charge in [0.1, 0.15) is 5.75 Å². The predicted molar refractivity (Wildman–Crippen MR) is 69.4 cm³/mol. The van der Waals surface area contributed by atoms with Crippen molar-refractivity contribution in [3.63, 3.8) is 0 Å². The van der Waals surface area contributed by atoms with Crippen LogP contribution in [0.25, 0.3) is 0 Å². The number of carbonyl (C=O) groups is 1. The molecule has 0 aliphatic heterocycles. The van der Waals surface area contributed by atoms with E-state index >= 15 is 0 Å². The molecule has 0 aromatic heterocycles. The van der Waals surface area contributed by atoms with E-state index in [9.17, 15) is 4.79 Å². The van der Waals surface area contributed by atoms with Gasteiger partial charge in [0.15, 0.2) is 0 Å². The van der Waals surface area contributed by atoms with Crippen molar-refractivity contribution in [1.82, 2.24) is 4.90 Å². The molecule has 1 amide bonds. The van der Waals surface area contributed by atoms with Gasteiger partial charge in [-0.15, -0.1) is 0 Å². The summed E-state index contributed by atoms with van der Waals surface area (Å²) in [7, 11) is 5.43. The number of nitrogens with zero attached hydrogens (tertiary/aromatic N) is 1. The maximum Gasteiger partial charge on any atom is 0.241 e. The first kappa shape index (κ1) is 13.5. The van der Waals surface area contributed by atoms with E-state index in [0.29, 0.717) is 0 Å². The minimum absolute atomic E-state index is 0.0164. The van der Waals surface area contributed by atoms with E-state index in [4.69, 9.17) is 4.74 Å². The van der Waals surface area contributed by atoms with Gasteiger partial charge in [-0.05, 0) is 44.8 Å². The van der Waals surface area contributed by atoms with Crippen LogP contribution in [0.4, 0.5) is 5.69 Å². The molecule has 1 atom stereocenters. The topological polar surface area (TPSA) is 41.6 Å². The third kappa shape index (κ3) is 3.75. The molecule has 0 aliphatic carbocycles. The summed E-state index contributed by atoms with van der Waals surface area (Å²) in [6, 6.07) is 7.22. The van der Waals surface area contributed by atoms with Crippen LogP contribution in [-0.4, -0.2) is 38.1 Å². The van der Waals surface area contributed by atoms with Crippen LogP contribution >= 0.6 is 0 Å². The Bertz CT molecular complexity index is 360. The van der Waals surface area contributed by atoms with Gasteiger partial charge in [0.25, 0.3) is 0 Å². The van der Waals surface area contributed by atoms with E-state index in [-0.39, 0.29) is 11.9 Å². The molecule has 4 nitrogen and oxygen atoms in total. The van der Waals surface area contributed by atoms with Crippen molar-refractivity contribution < 1.29 is 9.53 Å². The van der Waals surface area contributed by atoms with Gasteiger partial charge < -0.3 is 10.1 Å². The average molecular weight is 236 g/mol. The standard InChI is InChI=1S/C13H20N2O2/c1-5-12(15(2)3)13(16)14-10-6-8-11(17-4)9-7-10/h6-9,12H,5H2,1-4H3,(H,14,16)/t12-/m0/s1. The summed E-state index contributed by atoms with van der Waals surface area (Å²) in [5, 5.41) is 2.89. The number of carbonyl (C=O) groups excluding carboxylic acids is 1. The molecule has 17 heavy (non-hydrogen) atoms. The second-order valence-corrected chi connectivity index (χ2v) is 4.11. The molecule has 0 bridgehead atoms. The largest absolute Gasteiger partial charge is 0.497 e. The minimum atomic E-state index is -0.0999. The first-order chi connectivity index (χ1) is 8.08. The van der Waals surface area contributed by atoms with Gasteiger partial charge in [0, 0.05) is 5.69 Å². The molecule has 1 N–H and O–H groups in total. The molecule has 0 saturated heterocycles. The maximum absolute atomic E-state index is 12.0. The van der Waals surface area contributed by atoms with Crippen molar-refractivity contribution in [3.8, 4) is 5.75 Å². The van der Waals surface area contributed by atoms with Crippen LogP contribution in [0.3, 0.4) is 0 Å². The zero-order valence-electron chi connectivity index (χ0n) is 10.9. The van der Waals surface area contributed by atoms with Gasteiger partial charge in [0.05, 0.1) is 13.2 Å². The van der Waals surface area contributed by atoms with Crippen LogP contribution < -0.4 is 10.1 Å².